The molecule has 1 saturated heterocycles. The van der Waals surface area contributed by atoms with Crippen LogP contribution in [0.5, 0.6) is 0 Å². The van der Waals surface area contributed by atoms with E-state index in [2.05, 4.69) is 0 Å². The quantitative estimate of drug-likeness (QED) is 0.913. The molecule has 2 unspecified atom stereocenters. The van der Waals surface area contributed by atoms with Crippen molar-refractivity contribution in [1.82, 2.24) is 4.31 Å². The Morgan fingerprint density at radius 3 is 2.85 bits per heavy atom. The van der Waals surface area contributed by atoms with Crippen LogP contribution in [0, 0.1) is 11.3 Å². The number of rotatable bonds is 3. The molecule has 108 valence electrons. The SMILES string of the molecule is CC(N)C1CCCCN1S(=O)(=O)c1cccc(C#N)c1. The van der Waals surface area contributed by atoms with Crippen LogP contribution in [0.15, 0.2) is 29.2 Å². The van der Waals surface area contributed by atoms with Gasteiger partial charge in [0.25, 0.3) is 0 Å². The van der Waals surface area contributed by atoms with Crippen molar-refractivity contribution in [1.29, 1.82) is 5.26 Å². The van der Waals surface area contributed by atoms with Gasteiger partial charge in [-0.3, -0.25) is 0 Å². The number of benzene rings is 1. The Bertz CT molecular complexity index is 620. The largest absolute Gasteiger partial charge is 0.326 e. The summed E-state index contributed by atoms with van der Waals surface area (Å²) in [5.74, 6) is 0. The van der Waals surface area contributed by atoms with E-state index in [1.807, 2.05) is 13.0 Å². The Kier molecular flexibility index (Phi) is 4.43. The van der Waals surface area contributed by atoms with Gasteiger partial charge in [0, 0.05) is 18.6 Å². The third kappa shape index (κ3) is 2.85. The van der Waals surface area contributed by atoms with Crippen molar-refractivity contribution < 1.29 is 8.42 Å². The molecule has 2 atom stereocenters. The summed E-state index contributed by atoms with van der Waals surface area (Å²) >= 11 is 0. The summed E-state index contributed by atoms with van der Waals surface area (Å²) in [6.07, 6.45) is 2.63. The van der Waals surface area contributed by atoms with Crippen molar-refractivity contribution in [3.8, 4) is 6.07 Å². The van der Waals surface area contributed by atoms with E-state index in [0.717, 1.165) is 19.3 Å². The van der Waals surface area contributed by atoms with E-state index in [-0.39, 0.29) is 17.0 Å². The van der Waals surface area contributed by atoms with Crippen LogP contribution in [0.3, 0.4) is 0 Å². The smallest absolute Gasteiger partial charge is 0.243 e. The molecule has 0 radical (unpaired) electrons. The molecule has 0 aliphatic carbocycles. The fourth-order valence-corrected chi connectivity index (χ4v) is 4.44. The molecular formula is C14H19N3O2S. The first kappa shape index (κ1) is 15.0. The fourth-order valence-electron chi connectivity index (χ4n) is 2.62. The zero-order chi connectivity index (χ0) is 14.8. The van der Waals surface area contributed by atoms with Gasteiger partial charge in [-0.1, -0.05) is 12.5 Å². The zero-order valence-electron chi connectivity index (χ0n) is 11.5. The second-order valence-corrected chi connectivity index (χ2v) is 7.07. The van der Waals surface area contributed by atoms with Crippen LogP contribution in [0.25, 0.3) is 0 Å². The topological polar surface area (TPSA) is 87.2 Å². The second kappa shape index (κ2) is 5.92. The van der Waals surface area contributed by atoms with E-state index in [1.54, 1.807) is 12.1 Å². The van der Waals surface area contributed by atoms with Crippen molar-refractivity contribution in [2.24, 2.45) is 5.73 Å². The van der Waals surface area contributed by atoms with Gasteiger partial charge in [0.05, 0.1) is 16.5 Å². The average molecular weight is 293 g/mol. The average Bonchev–Trinajstić information content (AvgIpc) is 2.47. The van der Waals surface area contributed by atoms with Crippen LogP contribution in [0.4, 0.5) is 0 Å². The minimum absolute atomic E-state index is 0.167. The van der Waals surface area contributed by atoms with Crippen molar-refractivity contribution in [2.45, 2.75) is 43.2 Å². The minimum Gasteiger partial charge on any atom is -0.326 e. The number of piperidine rings is 1. The van der Waals surface area contributed by atoms with Gasteiger partial charge in [-0.2, -0.15) is 9.57 Å². The summed E-state index contributed by atoms with van der Waals surface area (Å²) < 4.78 is 27.0. The molecule has 6 heteroatoms. The molecule has 1 aromatic carbocycles. The van der Waals surface area contributed by atoms with Crippen LogP contribution in [0.2, 0.25) is 0 Å². The van der Waals surface area contributed by atoms with Gasteiger partial charge in [-0.15, -0.1) is 0 Å². The molecule has 1 aliphatic heterocycles. The van der Waals surface area contributed by atoms with Crippen molar-refractivity contribution in [3.05, 3.63) is 29.8 Å². The van der Waals surface area contributed by atoms with E-state index in [4.69, 9.17) is 11.0 Å². The molecule has 2 N–H and O–H groups in total. The highest BCUT2D eigenvalue weighted by atomic mass is 32.2. The molecule has 0 amide bonds. The maximum atomic E-state index is 12.7. The van der Waals surface area contributed by atoms with Crippen LogP contribution in [0.1, 0.15) is 31.7 Å². The Labute approximate surface area is 120 Å². The summed E-state index contributed by atoms with van der Waals surface area (Å²) in [4.78, 5) is 0.170. The van der Waals surface area contributed by atoms with E-state index in [0.29, 0.717) is 12.1 Å². The number of nitrogens with zero attached hydrogens (tertiary/aromatic N) is 2. The molecule has 0 bridgehead atoms. The van der Waals surface area contributed by atoms with Gasteiger partial charge in [0.2, 0.25) is 10.0 Å². The first-order chi connectivity index (χ1) is 9.46. The predicted molar refractivity (Wildman–Crippen MR) is 76.3 cm³/mol. The van der Waals surface area contributed by atoms with E-state index in [1.165, 1.54) is 16.4 Å². The highest BCUT2D eigenvalue weighted by Crippen LogP contribution is 2.26. The lowest BCUT2D eigenvalue weighted by Crippen LogP contribution is -2.51. The van der Waals surface area contributed by atoms with Gasteiger partial charge in [0.15, 0.2) is 0 Å². The Morgan fingerprint density at radius 2 is 2.20 bits per heavy atom. The highest BCUT2D eigenvalue weighted by Gasteiger charge is 2.35. The molecule has 1 heterocycles. The number of sulfonamides is 1. The minimum atomic E-state index is -3.59. The van der Waals surface area contributed by atoms with Crippen LogP contribution in [-0.2, 0) is 10.0 Å². The molecule has 0 spiro atoms. The van der Waals surface area contributed by atoms with Gasteiger partial charge < -0.3 is 5.73 Å². The Morgan fingerprint density at radius 1 is 1.45 bits per heavy atom. The Hall–Kier alpha value is -1.42. The maximum Gasteiger partial charge on any atom is 0.243 e. The van der Waals surface area contributed by atoms with E-state index < -0.39 is 10.0 Å². The molecule has 1 fully saturated rings. The van der Waals surface area contributed by atoms with E-state index in [9.17, 15) is 8.42 Å². The molecule has 5 nitrogen and oxygen atoms in total. The maximum absolute atomic E-state index is 12.7. The normalized spacial score (nSPS) is 22.1. The lowest BCUT2D eigenvalue weighted by atomic mass is 10.00. The van der Waals surface area contributed by atoms with Gasteiger partial charge in [0.1, 0.15) is 0 Å². The van der Waals surface area contributed by atoms with Gasteiger partial charge in [-0.05, 0) is 38.0 Å². The standard InChI is InChI=1S/C14H19N3O2S/c1-11(16)14-7-2-3-8-17(14)20(18,19)13-6-4-5-12(9-13)10-15/h4-6,9,11,14H,2-3,7-8,16H2,1H3. The van der Waals surface area contributed by atoms with Gasteiger partial charge >= 0.3 is 0 Å². The molecule has 1 aromatic rings. The fraction of sp³-hybridized carbons (Fsp3) is 0.500. The summed E-state index contributed by atoms with van der Waals surface area (Å²) in [6, 6.07) is 7.74. The van der Waals surface area contributed by atoms with Gasteiger partial charge in [-0.25, -0.2) is 8.42 Å². The summed E-state index contributed by atoms with van der Waals surface area (Å²) in [6.45, 7) is 2.33. The molecule has 2 rings (SSSR count). The summed E-state index contributed by atoms with van der Waals surface area (Å²) in [7, 11) is -3.59. The molecule has 20 heavy (non-hydrogen) atoms. The molecular weight excluding hydrogens is 274 g/mol. The highest BCUT2D eigenvalue weighted by molar-refractivity contribution is 7.89. The van der Waals surface area contributed by atoms with Crippen LogP contribution >= 0.6 is 0 Å². The third-order valence-electron chi connectivity index (χ3n) is 3.67. The third-order valence-corrected chi connectivity index (χ3v) is 5.60. The number of hydrogen-bond acceptors (Lipinski definition) is 4. The Balaban J connectivity index is 2.40. The summed E-state index contributed by atoms with van der Waals surface area (Å²) in [5.41, 5.74) is 6.28. The molecule has 0 aromatic heterocycles. The first-order valence-corrected chi connectivity index (χ1v) is 8.18. The summed E-state index contributed by atoms with van der Waals surface area (Å²) in [5, 5.41) is 8.90. The second-order valence-electron chi connectivity index (χ2n) is 5.18. The molecule has 1 aliphatic rings. The number of nitrogens with two attached hydrogens (primary N) is 1. The van der Waals surface area contributed by atoms with Crippen molar-refractivity contribution >= 4 is 10.0 Å². The van der Waals surface area contributed by atoms with Crippen LogP contribution in [-0.4, -0.2) is 31.4 Å². The molecule has 0 saturated carbocycles. The lowest BCUT2D eigenvalue weighted by Gasteiger charge is -2.36. The predicted octanol–water partition coefficient (Wildman–Crippen LogP) is 1.45. The number of hydrogen-bond donors (Lipinski definition) is 1. The van der Waals surface area contributed by atoms with Crippen molar-refractivity contribution in [2.75, 3.05) is 6.54 Å². The zero-order valence-corrected chi connectivity index (χ0v) is 12.3. The van der Waals surface area contributed by atoms with Crippen molar-refractivity contribution in [3.63, 3.8) is 0 Å². The lowest BCUT2D eigenvalue weighted by molar-refractivity contribution is 0.227. The number of nitriles is 1. The van der Waals surface area contributed by atoms with Crippen LogP contribution < -0.4 is 5.73 Å². The first-order valence-electron chi connectivity index (χ1n) is 6.74. The van der Waals surface area contributed by atoms with E-state index >= 15 is 0 Å². The monoisotopic (exact) mass is 293 g/mol.